The zero-order chi connectivity index (χ0) is 20.0. The SMILES string of the molecule is O=C1CC(c2noc(-c3ccc4c(c3)OCO4)n2)CN1Cc1ccc(F)c(Cl)c1. The van der Waals surface area contributed by atoms with E-state index in [9.17, 15) is 9.18 Å². The third kappa shape index (κ3) is 3.40. The van der Waals surface area contributed by atoms with Gasteiger partial charge in [0.15, 0.2) is 17.3 Å². The highest BCUT2D eigenvalue weighted by molar-refractivity contribution is 6.30. The Hall–Kier alpha value is -3.13. The molecule has 1 atom stereocenters. The molecule has 0 aliphatic carbocycles. The van der Waals surface area contributed by atoms with Crippen LogP contribution in [0, 0.1) is 5.82 Å². The van der Waals surface area contributed by atoms with Crippen molar-refractivity contribution in [2.24, 2.45) is 0 Å². The van der Waals surface area contributed by atoms with E-state index in [0.717, 1.165) is 11.1 Å². The maximum absolute atomic E-state index is 13.3. The second kappa shape index (κ2) is 7.04. The fraction of sp³-hybridized carbons (Fsp3) is 0.250. The topological polar surface area (TPSA) is 77.7 Å². The molecule has 1 saturated heterocycles. The highest BCUT2D eigenvalue weighted by Gasteiger charge is 2.34. The summed E-state index contributed by atoms with van der Waals surface area (Å²) in [5, 5.41) is 4.10. The number of ether oxygens (including phenoxy) is 2. The number of amides is 1. The van der Waals surface area contributed by atoms with Crippen LogP contribution in [0.25, 0.3) is 11.5 Å². The smallest absolute Gasteiger partial charge is 0.258 e. The maximum atomic E-state index is 13.3. The molecule has 2 aliphatic rings. The van der Waals surface area contributed by atoms with Crippen LogP contribution >= 0.6 is 11.6 Å². The summed E-state index contributed by atoms with van der Waals surface area (Å²) in [4.78, 5) is 18.6. The van der Waals surface area contributed by atoms with Crippen molar-refractivity contribution in [1.82, 2.24) is 15.0 Å². The van der Waals surface area contributed by atoms with Crippen LogP contribution in [0.2, 0.25) is 5.02 Å². The van der Waals surface area contributed by atoms with Gasteiger partial charge in [0.25, 0.3) is 5.89 Å². The van der Waals surface area contributed by atoms with E-state index in [1.165, 1.54) is 12.1 Å². The van der Waals surface area contributed by atoms with Gasteiger partial charge in [0.1, 0.15) is 5.82 Å². The Bertz CT molecular complexity index is 1100. The lowest BCUT2D eigenvalue weighted by atomic mass is 10.1. The van der Waals surface area contributed by atoms with Crippen molar-refractivity contribution >= 4 is 17.5 Å². The second-order valence-electron chi connectivity index (χ2n) is 6.95. The van der Waals surface area contributed by atoms with Gasteiger partial charge < -0.3 is 18.9 Å². The van der Waals surface area contributed by atoms with E-state index in [-0.39, 0.29) is 30.1 Å². The third-order valence-corrected chi connectivity index (χ3v) is 5.29. The lowest BCUT2D eigenvalue weighted by Crippen LogP contribution is -2.24. The highest BCUT2D eigenvalue weighted by Crippen LogP contribution is 2.36. The first kappa shape index (κ1) is 17.9. The molecule has 1 unspecified atom stereocenters. The van der Waals surface area contributed by atoms with E-state index < -0.39 is 5.82 Å². The van der Waals surface area contributed by atoms with Crippen molar-refractivity contribution in [3.63, 3.8) is 0 Å². The molecule has 1 amide bonds. The van der Waals surface area contributed by atoms with E-state index in [1.807, 2.05) is 6.07 Å². The van der Waals surface area contributed by atoms with Crippen molar-refractivity contribution in [3.8, 4) is 23.0 Å². The largest absolute Gasteiger partial charge is 0.454 e. The molecule has 1 fully saturated rings. The molecule has 3 aromatic rings. The number of halogens is 2. The third-order valence-electron chi connectivity index (χ3n) is 5.00. The van der Waals surface area contributed by atoms with Gasteiger partial charge >= 0.3 is 0 Å². The molecule has 0 radical (unpaired) electrons. The lowest BCUT2D eigenvalue weighted by Gasteiger charge is -2.16. The summed E-state index contributed by atoms with van der Waals surface area (Å²) in [5.74, 6) is 1.45. The zero-order valence-electron chi connectivity index (χ0n) is 15.1. The molecule has 29 heavy (non-hydrogen) atoms. The summed E-state index contributed by atoms with van der Waals surface area (Å²) in [6, 6.07) is 9.83. The van der Waals surface area contributed by atoms with Crippen LogP contribution in [0.3, 0.4) is 0 Å². The van der Waals surface area contributed by atoms with Gasteiger partial charge in [-0.25, -0.2) is 4.39 Å². The predicted molar refractivity (Wildman–Crippen MR) is 100 cm³/mol. The number of benzene rings is 2. The number of carbonyl (C=O) groups is 1. The maximum Gasteiger partial charge on any atom is 0.258 e. The normalized spacial score (nSPS) is 17.9. The molecule has 3 heterocycles. The summed E-state index contributed by atoms with van der Waals surface area (Å²) in [7, 11) is 0. The van der Waals surface area contributed by atoms with Crippen LogP contribution in [0.15, 0.2) is 40.9 Å². The average Bonchev–Trinajstić information content (AvgIpc) is 3.44. The van der Waals surface area contributed by atoms with Crippen molar-refractivity contribution < 1.29 is 23.2 Å². The van der Waals surface area contributed by atoms with Gasteiger partial charge in [-0.05, 0) is 35.9 Å². The summed E-state index contributed by atoms with van der Waals surface area (Å²) in [5.41, 5.74) is 1.48. The summed E-state index contributed by atoms with van der Waals surface area (Å²) in [6.07, 6.45) is 0.287. The van der Waals surface area contributed by atoms with E-state index in [0.29, 0.717) is 36.3 Å². The van der Waals surface area contributed by atoms with E-state index in [2.05, 4.69) is 10.1 Å². The predicted octanol–water partition coefficient (Wildman–Crippen LogP) is 3.77. The number of carbonyl (C=O) groups excluding carboxylic acids is 1. The minimum atomic E-state index is -0.483. The molecule has 9 heteroatoms. The van der Waals surface area contributed by atoms with Gasteiger partial charge in [-0.2, -0.15) is 4.98 Å². The molecule has 2 aliphatic heterocycles. The van der Waals surface area contributed by atoms with Crippen molar-refractivity contribution in [3.05, 3.63) is 58.6 Å². The van der Waals surface area contributed by atoms with Crippen molar-refractivity contribution in [2.45, 2.75) is 18.9 Å². The Balaban J connectivity index is 1.31. The van der Waals surface area contributed by atoms with Gasteiger partial charge in [-0.15, -0.1) is 0 Å². The molecule has 2 aromatic carbocycles. The molecular formula is C20H15ClFN3O4. The first-order chi connectivity index (χ1) is 14.1. The van der Waals surface area contributed by atoms with Gasteiger partial charge in [-0.3, -0.25) is 4.79 Å². The Labute approximate surface area is 170 Å². The molecule has 148 valence electrons. The van der Waals surface area contributed by atoms with Crippen LogP contribution in [-0.2, 0) is 11.3 Å². The molecule has 0 N–H and O–H groups in total. The van der Waals surface area contributed by atoms with E-state index in [1.54, 1.807) is 23.1 Å². The summed E-state index contributed by atoms with van der Waals surface area (Å²) in [6.45, 7) is 0.989. The Morgan fingerprint density at radius 1 is 1.17 bits per heavy atom. The minimum Gasteiger partial charge on any atom is -0.454 e. The quantitative estimate of drug-likeness (QED) is 0.645. The summed E-state index contributed by atoms with van der Waals surface area (Å²) >= 11 is 5.83. The number of nitrogens with zero attached hydrogens (tertiary/aromatic N) is 3. The van der Waals surface area contributed by atoms with E-state index in [4.69, 9.17) is 25.6 Å². The summed E-state index contributed by atoms with van der Waals surface area (Å²) < 4.78 is 29.4. The van der Waals surface area contributed by atoms with Gasteiger partial charge in [0.05, 0.1) is 5.02 Å². The van der Waals surface area contributed by atoms with Crippen LogP contribution in [0.1, 0.15) is 23.7 Å². The van der Waals surface area contributed by atoms with E-state index >= 15 is 0 Å². The molecular weight excluding hydrogens is 401 g/mol. The molecule has 5 rings (SSSR count). The number of likely N-dealkylation sites (tertiary alicyclic amines) is 1. The fourth-order valence-electron chi connectivity index (χ4n) is 3.50. The van der Waals surface area contributed by atoms with Crippen molar-refractivity contribution in [1.29, 1.82) is 0 Å². The molecule has 0 bridgehead atoms. The number of fused-ring (bicyclic) bond motifs is 1. The Kier molecular flexibility index (Phi) is 4.35. The van der Waals surface area contributed by atoms with Crippen LogP contribution in [0.4, 0.5) is 4.39 Å². The lowest BCUT2D eigenvalue weighted by molar-refractivity contribution is -0.128. The minimum absolute atomic E-state index is 0.0233. The molecule has 7 nitrogen and oxygen atoms in total. The van der Waals surface area contributed by atoms with Gasteiger partial charge in [0.2, 0.25) is 12.7 Å². The highest BCUT2D eigenvalue weighted by atomic mass is 35.5. The first-order valence-corrected chi connectivity index (χ1v) is 9.40. The van der Waals surface area contributed by atoms with Crippen molar-refractivity contribution in [2.75, 3.05) is 13.3 Å². The van der Waals surface area contributed by atoms with Crippen LogP contribution in [0.5, 0.6) is 11.5 Å². The number of hydrogen-bond donors (Lipinski definition) is 0. The van der Waals surface area contributed by atoms with Crippen LogP contribution in [-0.4, -0.2) is 34.3 Å². The van der Waals surface area contributed by atoms with Gasteiger partial charge in [-0.1, -0.05) is 22.8 Å². The number of rotatable bonds is 4. The monoisotopic (exact) mass is 415 g/mol. The van der Waals surface area contributed by atoms with Gasteiger partial charge in [0, 0.05) is 31.0 Å². The standard InChI is InChI=1S/C20H15ClFN3O4/c21-14-5-11(1-3-15(14)22)8-25-9-13(7-18(25)26)19-23-20(29-24-19)12-2-4-16-17(6-12)28-10-27-16/h1-6,13H,7-10H2. The zero-order valence-corrected chi connectivity index (χ0v) is 15.9. The number of aromatic nitrogens is 2. The molecule has 1 aromatic heterocycles. The van der Waals surface area contributed by atoms with Crippen LogP contribution < -0.4 is 9.47 Å². The average molecular weight is 416 g/mol. The molecule has 0 saturated carbocycles. The Morgan fingerprint density at radius 3 is 2.90 bits per heavy atom. The number of hydrogen-bond acceptors (Lipinski definition) is 6. The molecule has 0 spiro atoms. The Morgan fingerprint density at radius 2 is 2.03 bits per heavy atom. The second-order valence-corrected chi connectivity index (χ2v) is 7.36. The fourth-order valence-corrected chi connectivity index (χ4v) is 3.71. The first-order valence-electron chi connectivity index (χ1n) is 9.02.